The number of anilines is 1. The Kier molecular flexibility index (Phi) is 5.90. The van der Waals surface area contributed by atoms with Crippen LogP contribution < -0.4 is 10.2 Å². The van der Waals surface area contributed by atoms with Gasteiger partial charge in [-0.05, 0) is 43.3 Å². The second kappa shape index (κ2) is 7.91. The van der Waals surface area contributed by atoms with Gasteiger partial charge in [0.05, 0.1) is 0 Å². The van der Waals surface area contributed by atoms with Crippen LogP contribution in [0.2, 0.25) is 5.02 Å². The van der Waals surface area contributed by atoms with Gasteiger partial charge in [-0.1, -0.05) is 29.8 Å². The van der Waals surface area contributed by atoms with E-state index >= 15 is 0 Å². The van der Waals surface area contributed by atoms with Gasteiger partial charge in [0.15, 0.2) is 0 Å². The van der Waals surface area contributed by atoms with Crippen LogP contribution in [0.4, 0.5) is 5.69 Å². The topological polar surface area (TPSA) is 35.5 Å². The van der Waals surface area contributed by atoms with E-state index in [1.54, 1.807) is 18.2 Å². The van der Waals surface area contributed by atoms with Gasteiger partial charge in [0.1, 0.15) is 5.75 Å². The first-order valence-corrected chi connectivity index (χ1v) is 7.49. The number of halogens is 1. The Morgan fingerprint density at radius 3 is 2.67 bits per heavy atom. The molecule has 2 aromatic carbocycles. The molecule has 0 aliphatic rings. The minimum atomic E-state index is 0.285. The summed E-state index contributed by atoms with van der Waals surface area (Å²) in [5, 5.41) is 13.7. The summed E-state index contributed by atoms with van der Waals surface area (Å²) in [4.78, 5) is 2.23. The highest BCUT2D eigenvalue weighted by atomic mass is 35.5. The largest absolute Gasteiger partial charge is 0.508 e. The summed E-state index contributed by atoms with van der Waals surface area (Å²) in [6.45, 7) is 2.50. The number of benzene rings is 2. The fourth-order valence-electron chi connectivity index (χ4n) is 2.17. The number of phenolic OH excluding ortho intramolecular Hbond substituents is 1. The minimum Gasteiger partial charge on any atom is -0.508 e. The average Bonchev–Trinajstić information content (AvgIpc) is 2.51. The van der Waals surface area contributed by atoms with E-state index in [0.717, 1.165) is 25.1 Å². The summed E-state index contributed by atoms with van der Waals surface area (Å²) in [5.41, 5.74) is 2.06. The molecule has 2 rings (SSSR count). The maximum absolute atomic E-state index is 9.72. The van der Waals surface area contributed by atoms with Crippen LogP contribution in [0.15, 0.2) is 48.5 Å². The number of aromatic hydroxyl groups is 1. The summed E-state index contributed by atoms with van der Waals surface area (Å²) in [5.74, 6) is 0.285. The summed E-state index contributed by atoms with van der Waals surface area (Å²) in [7, 11) is 2.10. The molecule has 0 atom stereocenters. The van der Waals surface area contributed by atoms with E-state index < -0.39 is 0 Å². The first-order chi connectivity index (χ1) is 10.2. The molecular weight excluding hydrogens is 284 g/mol. The van der Waals surface area contributed by atoms with Gasteiger partial charge in [0, 0.05) is 36.4 Å². The number of para-hydroxylation sites is 1. The number of rotatable bonds is 7. The smallest absolute Gasteiger partial charge is 0.120 e. The summed E-state index contributed by atoms with van der Waals surface area (Å²) < 4.78 is 0. The van der Waals surface area contributed by atoms with Crippen molar-refractivity contribution in [3.63, 3.8) is 0 Å². The zero-order chi connectivity index (χ0) is 15.1. The molecule has 0 aliphatic heterocycles. The maximum atomic E-state index is 9.72. The van der Waals surface area contributed by atoms with Gasteiger partial charge >= 0.3 is 0 Å². The molecule has 0 aliphatic carbocycles. The lowest BCUT2D eigenvalue weighted by Crippen LogP contribution is -2.23. The summed E-state index contributed by atoms with van der Waals surface area (Å²) in [6, 6.07) is 15.4. The van der Waals surface area contributed by atoms with Gasteiger partial charge in [0.2, 0.25) is 0 Å². The SMILES string of the molecule is CN(CCCNCc1cc(Cl)ccc1O)c1ccccc1. The molecule has 0 radical (unpaired) electrons. The number of nitrogens with zero attached hydrogens (tertiary/aromatic N) is 1. The van der Waals surface area contributed by atoms with Gasteiger partial charge in [-0.2, -0.15) is 0 Å². The standard InChI is InChI=1S/C17H21ClN2O/c1-20(16-6-3-2-4-7-16)11-5-10-19-13-14-12-15(18)8-9-17(14)21/h2-4,6-9,12,19,21H,5,10-11,13H2,1H3. The van der Waals surface area contributed by atoms with Crippen molar-refractivity contribution in [3.8, 4) is 5.75 Å². The van der Waals surface area contributed by atoms with E-state index in [1.807, 2.05) is 18.2 Å². The fraction of sp³-hybridized carbons (Fsp3) is 0.294. The van der Waals surface area contributed by atoms with E-state index in [4.69, 9.17) is 11.6 Å². The molecule has 4 heteroatoms. The summed E-state index contributed by atoms with van der Waals surface area (Å²) in [6.07, 6.45) is 1.03. The normalized spacial score (nSPS) is 10.6. The van der Waals surface area contributed by atoms with Crippen molar-refractivity contribution in [1.29, 1.82) is 0 Å². The van der Waals surface area contributed by atoms with Crippen molar-refractivity contribution in [1.82, 2.24) is 5.32 Å². The van der Waals surface area contributed by atoms with Crippen LogP contribution in [0.25, 0.3) is 0 Å². The molecule has 0 bridgehead atoms. The van der Waals surface area contributed by atoms with E-state index in [1.165, 1.54) is 5.69 Å². The molecule has 0 aromatic heterocycles. The molecular formula is C17H21ClN2O. The molecule has 0 saturated carbocycles. The second-order valence-electron chi connectivity index (χ2n) is 5.06. The molecule has 0 saturated heterocycles. The van der Waals surface area contributed by atoms with E-state index in [9.17, 15) is 5.11 Å². The number of hydrogen-bond donors (Lipinski definition) is 2. The molecule has 3 nitrogen and oxygen atoms in total. The molecule has 21 heavy (non-hydrogen) atoms. The predicted octanol–water partition coefficient (Wildman–Crippen LogP) is 3.66. The molecule has 2 N–H and O–H groups in total. The third-order valence-corrected chi connectivity index (χ3v) is 3.64. The third kappa shape index (κ3) is 4.96. The predicted molar refractivity (Wildman–Crippen MR) is 89.2 cm³/mol. The highest BCUT2D eigenvalue weighted by Crippen LogP contribution is 2.21. The van der Waals surface area contributed by atoms with Crippen LogP contribution >= 0.6 is 11.6 Å². The minimum absolute atomic E-state index is 0.285. The molecule has 0 fully saturated rings. The monoisotopic (exact) mass is 304 g/mol. The van der Waals surface area contributed by atoms with Crippen LogP contribution in [-0.4, -0.2) is 25.2 Å². The van der Waals surface area contributed by atoms with Crippen LogP contribution in [0.5, 0.6) is 5.75 Å². The maximum Gasteiger partial charge on any atom is 0.120 e. The Balaban J connectivity index is 1.69. The number of nitrogens with one attached hydrogen (secondary N) is 1. The van der Waals surface area contributed by atoms with Gasteiger partial charge < -0.3 is 15.3 Å². The third-order valence-electron chi connectivity index (χ3n) is 3.40. The Morgan fingerprint density at radius 2 is 1.90 bits per heavy atom. The molecule has 112 valence electrons. The van der Waals surface area contributed by atoms with Crippen molar-refractivity contribution in [2.24, 2.45) is 0 Å². The van der Waals surface area contributed by atoms with Crippen molar-refractivity contribution >= 4 is 17.3 Å². The number of hydrogen-bond acceptors (Lipinski definition) is 3. The van der Waals surface area contributed by atoms with Crippen LogP contribution in [-0.2, 0) is 6.54 Å². The van der Waals surface area contributed by atoms with Crippen molar-refractivity contribution < 1.29 is 5.11 Å². The highest BCUT2D eigenvalue weighted by Gasteiger charge is 2.02. The Hall–Kier alpha value is -1.71. The van der Waals surface area contributed by atoms with E-state index in [-0.39, 0.29) is 5.75 Å². The van der Waals surface area contributed by atoms with Crippen LogP contribution in [0.3, 0.4) is 0 Å². The van der Waals surface area contributed by atoms with Crippen molar-refractivity contribution in [3.05, 3.63) is 59.1 Å². The van der Waals surface area contributed by atoms with E-state index in [0.29, 0.717) is 11.6 Å². The fourth-order valence-corrected chi connectivity index (χ4v) is 2.37. The zero-order valence-corrected chi connectivity index (χ0v) is 13.0. The van der Waals surface area contributed by atoms with Crippen LogP contribution in [0.1, 0.15) is 12.0 Å². The Bertz CT molecular complexity index is 560. The first-order valence-electron chi connectivity index (χ1n) is 7.11. The zero-order valence-electron chi connectivity index (χ0n) is 12.2. The van der Waals surface area contributed by atoms with Gasteiger partial charge in [-0.15, -0.1) is 0 Å². The average molecular weight is 305 g/mol. The Morgan fingerprint density at radius 1 is 1.14 bits per heavy atom. The second-order valence-corrected chi connectivity index (χ2v) is 5.50. The molecule has 0 amide bonds. The molecule has 0 heterocycles. The molecule has 2 aromatic rings. The van der Waals surface area contributed by atoms with Crippen LogP contribution in [0, 0.1) is 0 Å². The van der Waals surface area contributed by atoms with Crippen molar-refractivity contribution in [2.45, 2.75) is 13.0 Å². The summed E-state index contributed by atoms with van der Waals surface area (Å²) >= 11 is 5.92. The van der Waals surface area contributed by atoms with E-state index in [2.05, 4.69) is 29.4 Å². The van der Waals surface area contributed by atoms with Crippen molar-refractivity contribution in [2.75, 3.05) is 25.0 Å². The lowest BCUT2D eigenvalue weighted by molar-refractivity contribution is 0.464. The number of phenols is 1. The lowest BCUT2D eigenvalue weighted by Gasteiger charge is -2.19. The lowest BCUT2D eigenvalue weighted by atomic mass is 10.2. The van der Waals surface area contributed by atoms with Gasteiger partial charge in [-0.3, -0.25) is 0 Å². The molecule has 0 unspecified atom stereocenters. The van der Waals surface area contributed by atoms with Gasteiger partial charge in [-0.25, -0.2) is 0 Å². The highest BCUT2D eigenvalue weighted by molar-refractivity contribution is 6.30. The molecule has 0 spiro atoms. The first kappa shape index (κ1) is 15.7. The quantitative estimate of drug-likeness (QED) is 0.766. The van der Waals surface area contributed by atoms with Gasteiger partial charge in [0.25, 0.3) is 0 Å². The Labute approximate surface area is 131 Å².